The van der Waals surface area contributed by atoms with Gasteiger partial charge < -0.3 is 5.32 Å². The minimum Gasteiger partial charge on any atom is -0.354 e. The first-order chi connectivity index (χ1) is 14.2. The van der Waals surface area contributed by atoms with Gasteiger partial charge in [0.25, 0.3) is 0 Å². The van der Waals surface area contributed by atoms with Gasteiger partial charge in [-0.3, -0.25) is 9.69 Å². The van der Waals surface area contributed by atoms with Crippen molar-refractivity contribution >= 4 is 5.91 Å². The number of hydrogen-bond donors (Lipinski definition) is 1. The Hall–Kier alpha value is -2.27. The summed E-state index contributed by atoms with van der Waals surface area (Å²) in [5.41, 5.74) is 3.36. The summed E-state index contributed by atoms with van der Waals surface area (Å²) >= 11 is 0. The SMILES string of the molecule is Cc1nc(-c2ccccc2)cc([C@@H]2CN3CC[C@H]2C[C@@H]3CNC(=O)C2CCC2)n1. The van der Waals surface area contributed by atoms with Crippen LogP contribution in [-0.4, -0.2) is 46.5 Å². The highest BCUT2D eigenvalue weighted by Crippen LogP contribution is 2.41. The molecule has 29 heavy (non-hydrogen) atoms. The fraction of sp³-hybridized carbons (Fsp3) is 0.542. The van der Waals surface area contributed by atoms with Gasteiger partial charge >= 0.3 is 0 Å². The van der Waals surface area contributed by atoms with Crippen molar-refractivity contribution in [2.24, 2.45) is 11.8 Å². The second-order valence-electron chi connectivity index (χ2n) is 9.00. The van der Waals surface area contributed by atoms with E-state index in [1.807, 2.05) is 13.0 Å². The molecule has 4 aliphatic rings. The van der Waals surface area contributed by atoms with Crippen molar-refractivity contribution in [3.8, 4) is 11.3 Å². The summed E-state index contributed by atoms with van der Waals surface area (Å²) in [5, 5.41) is 3.23. The molecule has 2 bridgehead atoms. The van der Waals surface area contributed by atoms with E-state index in [0.29, 0.717) is 17.9 Å². The van der Waals surface area contributed by atoms with E-state index in [-0.39, 0.29) is 11.8 Å². The van der Waals surface area contributed by atoms with Crippen LogP contribution in [0, 0.1) is 18.8 Å². The maximum absolute atomic E-state index is 12.2. The molecule has 0 spiro atoms. The molecule has 6 rings (SSSR count). The Bertz CT molecular complexity index is 880. The summed E-state index contributed by atoms with van der Waals surface area (Å²) in [6, 6.07) is 13.1. The molecule has 3 saturated heterocycles. The van der Waals surface area contributed by atoms with E-state index in [1.165, 1.54) is 18.5 Å². The van der Waals surface area contributed by atoms with Crippen LogP contribution in [-0.2, 0) is 4.79 Å². The molecule has 1 N–H and O–H groups in total. The van der Waals surface area contributed by atoms with E-state index in [2.05, 4.69) is 45.5 Å². The van der Waals surface area contributed by atoms with Crippen LogP contribution in [0.15, 0.2) is 36.4 Å². The van der Waals surface area contributed by atoms with Gasteiger partial charge in [-0.15, -0.1) is 0 Å². The van der Waals surface area contributed by atoms with Gasteiger partial charge in [0.1, 0.15) is 5.82 Å². The summed E-state index contributed by atoms with van der Waals surface area (Å²) in [7, 11) is 0. The van der Waals surface area contributed by atoms with Gasteiger partial charge in [-0.1, -0.05) is 36.8 Å². The maximum Gasteiger partial charge on any atom is 0.223 e. The average Bonchev–Trinajstić information content (AvgIpc) is 2.71. The number of amides is 1. The highest BCUT2D eigenvalue weighted by Gasteiger charge is 2.41. The lowest BCUT2D eigenvalue weighted by Gasteiger charge is -2.50. The van der Waals surface area contributed by atoms with Gasteiger partial charge in [0, 0.05) is 42.2 Å². The molecule has 1 amide bonds. The highest BCUT2D eigenvalue weighted by molar-refractivity contribution is 5.79. The van der Waals surface area contributed by atoms with Gasteiger partial charge in [0.2, 0.25) is 5.91 Å². The zero-order valence-corrected chi connectivity index (χ0v) is 17.2. The molecule has 0 radical (unpaired) electrons. The van der Waals surface area contributed by atoms with Crippen molar-refractivity contribution in [3.05, 3.63) is 47.9 Å². The Morgan fingerprint density at radius 1 is 1.17 bits per heavy atom. The number of nitrogens with one attached hydrogen (secondary N) is 1. The zero-order chi connectivity index (χ0) is 19.8. The van der Waals surface area contributed by atoms with E-state index in [1.54, 1.807) is 0 Å². The van der Waals surface area contributed by atoms with Crippen LogP contribution in [0.5, 0.6) is 0 Å². The van der Waals surface area contributed by atoms with Crippen LogP contribution in [0.25, 0.3) is 11.3 Å². The topological polar surface area (TPSA) is 58.1 Å². The number of rotatable bonds is 5. The minimum absolute atomic E-state index is 0.273. The maximum atomic E-state index is 12.2. The lowest BCUT2D eigenvalue weighted by Crippen LogP contribution is -2.56. The first kappa shape index (κ1) is 18.7. The quantitative estimate of drug-likeness (QED) is 0.848. The van der Waals surface area contributed by atoms with Crippen LogP contribution >= 0.6 is 0 Å². The molecule has 4 heterocycles. The number of hydrogen-bond acceptors (Lipinski definition) is 4. The summed E-state index contributed by atoms with van der Waals surface area (Å²) in [5.74, 6) is 2.51. The third kappa shape index (κ3) is 3.80. The molecule has 1 unspecified atom stereocenters. The molecule has 1 saturated carbocycles. The number of benzene rings is 1. The molecule has 5 nitrogen and oxygen atoms in total. The van der Waals surface area contributed by atoms with Gasteiger partial charge in [-0.05, 0) is 51.1 Å². The summed E-state index contributed by atoms with van der Waals surface area (Å²) in [6.07, 6.45) is 5.73. The van der Waals surface area contributed by atoms with Gasteiger partial charge in [-0.2, -0.15) is 0 Å². The lowest BCUT2D eigenvalue weighted by molar-refractivity contribution is -0.127. The zero-order valence-electron chi connectivity index (χ0n) is 17.2. The number of nitrogens with zero attached hydrogens (tertiary/aromatic N) is 3. The van der Waals surface area contributed by atoms with Crippen molar-refractivity contribution in [1.29, 1.82) is 0 Å². The third-order valence-electron chi connectivity index (χ3n) is 7.17. The van der Waals surface area contributed by atoms with Crippen LogP contribution in [0.1, 0.15) is 49.5 Å². The Morgan fingerprint density at radius 3 is 2.69 bits per heavy atom. The molecule has 2 aromatic rings. The smallest absolute Gasteiger partial charge is 0.223 e. The van der Waals surface area contributed by atoms with Crippen LogP contribution < -0.4 is 5.32 Å². The number of fused-ring (bicyclic) bond motifs is 3. The summed E-state index contributed by atoms with van der Waals surface area (Å²) < 4.78 is 0. The molecule has 3 aliphatic heterocycles. The fourth-order valence-corrected chi connectivity index (χ4v) is 5.26. The largest absolute Gasteiger partial charge is 0.354 e. The molecule has 1 aromatic heterocycles. The number of carbonyl (C=O) groups is 1. The average molecular weight is 391 g/mol. The minimum atomic E-state index is 0.273. The number of aryl methyl sites for hydroxylation is 1. The summed E-state index contributed by atoms with van der Waals surface area (Å²) in [6.45, 7) is 4.98. The van der Waals surface area contributed by atoms with Gasteiger partial charge in [-0.25, -0.2) is 9.97 Å². The van der Waals surface area contributed by atoms with Crippen LogP contribution in [0.3, 0.4) is 0 Å². The molecule has 4 fully saturated rings. The Kier molecular flexibility index (Phi) is 5.08. The number of aromatic nitrogens is 2. The predicted octanol–water partition coefficient (Wildman–Crippen LogP) is 3.55. The van der Waals surface area contributed by atoms with Crippen LogP contribution in [0.2, 0.25) is 0 Å². The molecular weight excluding hydrogens is 360 g/mol. The second kappa shape index (κ2) is 7.86. The molecule has 1 aliphatic carbocycles. The van der Waals surface area contributed by atoms with E-state index in [4.69, 9.17) is 4.98 Å². The fourth-order valence-electron chi connectivity index (χ4n) is 5.26. The molecule has 5 heteroatoms. The highest BCUT2D eigenvalue weighted by atomic mass is 16.1. The predicted molar refractivity (Wildman–Crippen MR) is 113 cm³/mol. The van der Waals surface area contributed by atoms with Crippen molar-refractivity contribution in [2.45, 2.75) is 51.0 Å². The monoisotopic (exact) mass is 390 g/mol. The van der Waals surface area contributed by atoms with E-state index >= 15 is 0 Å². The third-order valence-corrected chi connectivity index (χ3v) is 7.17. The van der Waals surface area contributed by atoms with Crippen molar-refractivity contribution in [1.82, 2.24) is 20.2 Å². The molecule has 4 atom stereocenters. The van der Waals surface area contributed by atoms with E-state index < -0.39 is 0 Å². The second-order valence-corrected chi connectivity index (χ2v) is 9.00. The molecule has 1 aromatic carbocycles. The summed E-state index contributed by atoms with van der Waals surface area (Å²) in [4.78, 5) is 24.3. The Balaban J connectivity index is 1.29. The number of carbonyl (C=O) groups excluding carboxylic acids is 1. The van der Waals surface area contributed by atoms with Gasteiger partial charge in [0.05, 0.1) is 5.69 Å². The van der Waals surface area contributed by atoms with Crippen molar-refractivity contribution in [2.75, 3.05) is 19.6 Å². The Morgan fingerprint density at radius 2 is 2.00 bits per heavy atom. The molecular formula is C24H30N4O. The van der Waals surface area contributed by atoms with Crippen LogP contribution in [0.4, 0.5) is 0 Å². The van der Waals surface area contributed by atoms with E-state index in [9.17, 15) is 4.79 Å². The van der Waals surface area contributed by atoms with E-state index in [0.717, 1.165) is 56.0 Å². The van der Waals surface area contributed by atoms with Crippen molar-refractivity contribution < 1.29 is 4.79 Å². The lowest BCUT2D eigenvalue weighted by atomic mass is 9.74. The standard InChI is InChI=1S/C24H30N4O/c1-16-26-22(17-6-3-2-4-7-17)13-23(27-16)21-15-28-11-10-19(21)12-20(28)14-25-24(29)18-8-5-9-18/h2-4,6-7,13,18-21H,5,8-12,14-15H2,1H3,(H,25,29)/t19-,20+,21+/m0/s1. The Labute approximate surface area is 172 Å². The van der Waals surface area contributed by atoms with Crippen molar-refractivity contribution in [3.63, 3.8) is 0 Å². The first-order valence-electron chi connectivity index (χ1n) is 11.1. The first-order valence-corrected chi connectivity index (χ1v) is 11.1. The van der Waals surface area contributed by atoms with Gasteiger partial charge in [0.15, 0.2) is 0 Å². The number of piperidine rings is 3. The molecule has 152 valence electrons. The normalized spacial score (nSPS) is 28.7.